The van der Waals surface area contributed by atoms with Crippen LogP contribution in [-0.4, -0.2) is 37.2 Å². The van der Waals surface area contributed by atoms with E-state index < -0.39 is 0 Å². The van der Waals surface area contributed by atoms with Gasteiger partial charge in [-0.1, -0.05) is 11.6 Å². The van der Waals surface area contributed by atoms with E-state index >= 15 is 0 Å². The number of imidazole rings is 1. The maximum Gasteiger partial charge on any atom is 0.116 e. The van der Waals surface area contributed by atoms with Crippen molar-refractivity contribution in [1.82, 2.24) is 24.5 Å². The highest BCUT2D eigenvalue weighted by atomic mass is 16.5. The molecule has 1 saturated heterocycles. The van der Waals surface area contributed by atoms with Crippen molar-refractivity contribution in [3.8, 4) is 0 Å². The first-order valence-electron chi connectivity index (χ1n) is 10.2. The lowest BCUT2D eigenvalue weighted by Gasteiger charge is -2.30. The number of nitrogens with zero attached hydrogens (tertiary/aromatic N) is 5. The van der Waals surface area contributed by atoms with Crippen molar-refractivity contribution >= 4 is 21.9 Å². The molecule has 0 radical (unpaired) electrons. The van der Waals surface area contributed by atoms with E-state index in [9.17, 15) is 0 Å². The zero-order chi connectivity index (χ0) is 20.0. The van der Waals surface area contributed by atoms with Crippen molar-refractivity contribution in [2.75, 3.05) is 6.61 Å². The molecule has 148 valence electrons. The average Bonchev–Trinajstić information content (AvgIpc) is 3.06. The van der Waals surface area contributed by atoms with Gasteiger partial charge in [-0.3, -0.25) is 4.98 Å². The molecular weight excluding hydrogens is 362 g/mol. The van der Waals surface area contributed by atoms with Crippen LogP contribution in [0.4, 0.5) is 0 Å². The molecule has 0 spiro atoms. The van der Waals surface area contributed by atoms with Crippen LogP contribution in [0.25, 0.3) is 21.9 Å². The van der Waals surface area contributed by atoms with E-state index in [2.05, 4.69) is 51.6 Å². The van der Waals surface area contributed by atoms with Gasteiger partial charge >= 0.3 is 0 Å². The van der Waals surface area contributed by atoms with Gasteiger partial charge in [-0.2, -0.15) is 0 Å². The van der Waals surface area contributed by atoms with Gasteiger partial charge in [0.05, 0.1) is 29.0 Å². The number of fused-ring (bicyclic) bond motifs is 3. The molecule has 1 aliphatic heterocycles. The largest absolute Gasteiger partial charge is 0.378 e. The molecule has 2 atom stereocenters. The minimum atomic E-state index is 0.246. The van der Waals surface area contributed by atoms with Gasteiger partial charge in [0.25, 0.3) is 0 Å². The Labute approximate surface area is 170 Å². The third-order valence-corrected chi connectivity index (χ3v) is 5.77. The van der Waals surface area contributed by atoms with Crippen LogP contribution in [0.2, 0.25) is 0 Å². The highest BCUT2D eigenvalue weighted by Gasteiger charge is 2.26. The second-order valence-electron chi connectivity index (χ2n) is 8.10. The first kappa shape index (κ1) is 18.2. The van der Waals surface area contributed by atoms with E-state index in [4.69, 9.17) is 9.72 Å². The van der Waals surface area contributed by atoms with Crippen LogP contribution in [0, 0.1) is 13.8 Å². The number of pyridine rings is 1. The Bertz CT molecular complexity index is 1200. The maximum absolute atomic E-state index is 5.83. The van der Waals surface area contributed by atoms with Crippen LogP contribution in [0.5, 0.6) is 0 Å². The Morgan fingerprint density at radius 1 is 1.10 bits per heavy atom. The van der Waals surface area contributed by atoms with Gasteiger partial charge in [0.15, 0.2) is 0 Å². The zero-order valence-corrected chi connectivity index (χ0v) is 17.1. The van der Waals surface area contributed by atoms with Crippen molar-refractivity contribution < 1.29 is 4.74 Å². The monoisotopic (exact) mass is 387 g/mol. The summed E-state index contributed by atoms with van der Waals surface area (Å²) in [5.41, 5.74) is 6.32. The van der Waals surface area contributed by atoms with E-state index in [1.807, 2.05) is 19.2 Å². The summed E-state index contributed by atoms with van der Waals surface area (Å²) < 4.78 is 8.27. The second-order valence-corrected chi connectivity index (χ2v) is 8.10. The lowest BCUT2D eigenvalue weighted by molar-refractivity contribution is 0.00631. The van der Waals surface area contributed by atoms with Crippen molar-refractivity contribution in [3.63, 3.8) is 0 Å². The van der Waals surface area contributed by atoms with Crippen molar-refractivity contribution in [2.45, 2.75) is 52.2 Å². The highest BCUT2D eigenvalue weighted by Crippen LogP contribution is 2.34. The van der Waals surface area contributed by atoms with Gasteiger partial charge in [-0.25, -0.2) is 15.0 Å². The van der Waals surface area contributed by atoms with E-state index in [1.165, 1.54) is 16.5 Å². The predicted octanol–water partition coefficient (Wildman–Crippen LogP) is 4.32. The molecule has 0 amide bonds. The summed E-state index contributed by atoms with van der Waals surface area (Å²) in [4.78, 5) is 18.4. The summed E-state index contributed by atoms with van der Waals surface area (Å²) in [5.74, 6) is 1.04. The Morgan fingerprint density at radius 3 is 2.83 bits per heavy atom. The first-order chi connectivity index (χ1) is 14.1. The third-order valence-electron chi connectivity index (χ3n) is 5.77. The van der Waals surface area contributed by atoms with Crippen LogP contribution in [-0.2, 0) is 11.2 Å². The molecule has 29 heavy (non-hydrogen) atoms. The highest BCUT2D eigenvalue weighted by molar-refractivity contribution is 6.02. The van der Waals surface area contributed by atoms with Crippen molar-refractivity contribution in [3.05, 3.63) is 59.6 Å². The van der Waals surface area contributed by atoms with Gasteiger partial charge in [-0.15, -0.1) is 0 Å². The number of aryl methyl sites for hydroxylation is 2. The SMILES string of the molecule is Cc1ccc2ncc3nc(Cc4cc(C)ncn4)n([C@@H]4CCO[C@H](C)C4)c3c2c1. The molecule has 1 fully saturated rings. The fraction of sp³-hybridized carbons (Fsp3) is 0.391. The number of ether oxygens (including phenoxy) is 1. The van der Waals surface area contributed by atoms with Crippen LogP contribution < -0.4 is 0 Å². The lowest BCUT2D eigenvalue weighted by Crippen LogP contribution is -2.26. The molecule has 0 aliphatic carbocycles. The van der Waals surface area contributed by atoms with Crippen LogP contribution in [0.1, 0.15) is 48.6 Å². The summed E-state index contributed by atoms with van der Waals surface area (Å²) in [5, 5.41) is 1.17. The summed E-state index contributed by atoms with van der Waals surface area (Å²) in [6.07, 6.45) is 6.43. The quantitative estimate of drug-likeness (QED) is 0.524. The molecule has 6 heteroatoms. The van der Waals surface area contributed by atoms with Gasteiger partial charge in [-0.05, 0) is 51.8 Å². The van der Waals surface area contributed by atoms with Crippen molar-refractivity contribution in [1.29, 1.82) is 0 Å². The van der Waals surface area contributed by atoms with E-state index in [0.717, 1.165) is 47.7 Å². The molecule has 0 unspecified atom stereocenters. The molecule has 6 nitrogen and oxygen atoms in total. The Hall–Kier alpha value is -2.86. The van der Waals surface area contributed by atoms with Crippen molar-refractivity contribution in [2.24, 2.45) is 0 Å². The minimum Gasteiger partial charge on any atom is -0.378 e. The standard InChI is InChI=1S/C23H25N5O/c1-14-4-5-20-19(8-14)23-21(12-24-20)27-22(11-17-9-15(2)25-13-26-17)28(23)18-6-7-29-16(3)10-18/h4-5,8-9,12-13,16,18H,6-7,10-11H2,1-3H3/t16-,18-/m1/s1. The molecule has 1 aromatic carbocycles. The lowest BCUT2D eigenvalue weighted by atomic mass is 10.0. The Balaban J connectivity index is 1.74. The number of rotatable bonds is 3. The maximum atomic E-state index is 5.83. The Morgan fingerprint density at radius 2 is 2.00 bits per heavy atom. The fourth-order valence-corrected chi connectivity index (χ4v) is 4.43. The summed E-state index contributed by atoms with van der Waals surface area (Å²) in [7, 11) is 0. The summed E-state index contributed by atoms with van der Waals surface area (Å²) >= 11 is 0. The molecule has 4 heterocycles. The van der Waals surface area contributed by atoms with E-state index in [0.29, 0.717) is 12.5 Å². The average molecular weight is 387 g/mol. The molecule has 3 aromatic heterocycles. The van der Waals surface area contributed by atoms with Gasteiger partial charge in [0, 0.05) is 30.1 Å². The van der Waals surface area contributed by atoms with E-state index in [1.54, 1.807) is 6.33 Å². The number of aromatic nitrogens is 5. The molecule has 0 N–H and O–H groups in total. The summed E-state index contributed by atoms with van der Waals surface area (Å²) in [6, 6.07) is 8.83. The molecule has 1 aliphatic rings. The molecule has 0 saturated carbocycles. The van der Waals surface area contributed by atoms with Gasteiger partial charge < -0.3 is 9.30 Å². The number of hydrogen-bond acceptors (Lipinski definition) is 5. The van der Waals surface area contributed by atoms with Crippen LogP contribution >= 0.6 is 0 Å². The Kier molecular flexibility index (Phi) is 4.51. The van der Waals surface area contributed by atoms with Gasteiger partial charge in [0.2, 0.25) is 0 Å². The predicted molar refractivity (Wildman–Crippen MR) is 113 cm³/mol. The molecule has 0 bridgehead atoms. The number of hydrogen-bond donors (Lipinski definition) is 0. The molecule has 5 rings (SSSR count). The van der Waals surface area contributed by atoms with E-state index in [-0.39, 0.29) is 6.10 Å². The number of benzene rings is 1. The normalized spacial score (nSPS) is 19.8. The van der Waals surface area contributed by atoms with Crippen LogP contribution in [0.3, 0.4) is 0 Å². The summed E-state index contributed by atoms with van der Waals surface area (Å²) in [6.45, 7) is 7.05. The van der Waals surface area contributed by atoms with Gasteiger partial charge in [0.1, 0.15) is 17.7 Å². The first-order valence-corrected chi connectivity index (χ1v) is 10.2. The minimum absolute atomic E-state index is 0.246. The second kappa shape index (κ2) is 7.19. The molecule has 4 aromatic rings. The van der Waals surface area contributed by atoms with Crippen LogP contribution in [0.15, 0.2) is 36.8 Å². The fourth-order valence-electron chi connectivity index (χ4n) is 4.43. The topological polar surface area (TPSA) is 65.7 Å². The zero-order valence-electron chi connectivity index (χ0n) is 17.1. The smallest absolute Gasteiger partial charge is 0.116 e. The third kappa shape index (κ3) is 3.38. The molecular formula is C23H25N5O.